The van der Waals surface area contributed by atoms with E-state index in [1.54, 1.807) is 37.3 Å². The molecule has 0 spiro atoms. The van der Waals surface area contributed by atoms with E-state index in [1.165, 1.54) is 0 Å². The Balaban J connectivity index is 2.70. The zero-order chi connectivity index (χ0) is 14.3. The van der Waals surface area contributed by atoms with Crippen molar-refractivity contribution < 1.29 is 14.7 Å². The monoisotopic (exact) mass is 264 g/mol. The van der Waals surface area contributed by atoms with Crippen LogP contribution in [0.25, 0.3) is 0 Å². The molecule has 0 aliphatic heterocycles. The fourth-order valence-corrected chi connectivity index (χ4v) is 1.67. The van der Waals surface area contributed by atoms with Gasteiger partial charge in [-0.3, -0.25) is 4.79 Å². The largest absolute Gasteiger partial charge is 0.479 e. The predicted octanol–water partition coefficient (Wildman–Crippen LogP) is 1.17. The summed E-state index contributed by atoms with van der Waals surface area (Å²) in [5.41, 5.74) is 0.569. The number of carboxylic acid groups (broad SMARTS) is 1. The minimum absolute atomic E-state index is 0.266. The molecular formula is C14H20N2O3. The van der Waals surface area contributed by atoms with E-state index in [9.17, 15) is 14.7 Å². The molecule has 0 aliphatic rings. The first-order valence-corrected chi connectivity index (χ1v) is 6.35. The van der Waals surface area contributed by atoms with Crippen LogP contribution < -0.4 is 10.6 Å². The molecule has 0 saturated carbocycles. The van der Waals surface area contributed by atoms with Crippen LogP contribution in [0.5, 0.6) is 0 Å². The molecular weight excluding hydrogens is 244 g/mol. The van der Waals surface area contributed by atoms with Gasteiger partial charge in [0.1, 0.15) is 0 Å². The molecule has 104 valence electrons. The van der Waals surface area contributed by atoms with Crippen LogP contribution in [0.2, 0.25) is 0 Å². The molecule has 0 heterocycles. The maximum absolute atomic E-state index is 11.9. The Bertz CT molecular complexity index is 420. The summed E-state index contributed by atoms with van der Waals surface area (Å²) in [6.07, 6.45) is 0. The summed E-state index contributed by atoms with van der Waals surface area (Å²) >= 11 is 0. The van der Waals surface area contributed by atoms with Crippen molar-refractivity contribution in [1.82, 2.24) is 10.6 Å². The van der Waals surface area contributed by atoms with Crippen LogP contribution in [0.4, 0.5) is 0 Å². The molecule has 1 amide bonds. The molecule has 5 nitrogen and oxygen atoms in total. The van der Waals surface area contributed by atoms with E-state index in [0.717, 1.165) is 6.54 Å². The molecule has 1 aromatic carbocycles. The fraction of sp³-hybridized carbons (Fsp3) is 0.429. The number of amides is 1. The summed E-state index contributed by atoms with van der Waals surface area (Å²) in [5.74, 6) is -1.60. The molecule has 1 unspecified atom stereocenters. The lowest BCUT2D eigenvalue weighted by atomic mass is 10.1. The Kier molecular flexibility index (Phi) is 6.02. The molecule has 0 radical (unpaired) electrons. The van der Waals surface area contributed by atoms with Crippen LogP contribution in [-0.2, 0) is 9.59 Å². The number of carbonyl (C=O) groups excluding carboxylic acids is 1. The number of nitrogens with one attached hydrogen (secondary N) is 2. The summed E-state index contributed by atoms with van der Waals surface area (Å²) < 4.78 is 0. The number of benzene rings is 1. The van der Waals surface area contributed by atoms with Crippen LogP contribution >= 0.6 is 0 Å². The van der Waals surface area contributed by atoms with Crippen molar-refractivity contribution in [3.63, 3.8) is 0 Å². The highest BCUT2D eigenvalue weighted by atomic mass is 16.4. The normalized spacial score (nSPS) is 13.6. The molecule has 0 bridgehead atoms. The first kappa shape index (κ1) is 15.2. The highest BCUT2D eigenvalue weighted by Crippen LogP contribution is 2.13. The van der Waals surface area contributed by atoms with Crippen molar-refractivity contribution >= 4 is 11.9 Å². The van der Waals surface area contributed by atoms with E-state index in [0.29, 0.717) is 12.1 Å². The van der Waals surface area contributed by atoms with E-state index < -0.39 is 12.0 Å². The van der Waals surface area contributed by atoms with Gasteiger partial charge in [-0.1, -0.05) is 44.2 Å². The Morgan fingerprint density at radius 2 is 1.89 bits per heavy atom. The summed E-state index contributed by atoms with van der Waals surface area (Å²) in [6, 6.07) is 7.68. The second-order valence-electron chi connectivity index (χ2n) is 4.40. The maximum atomic E-state index is 11.9. The zero-order valence-electron chi connectivity index (χ0n) is 11.2. The van der Waals surface area contributed by atoms with Crippen molar-refractivity contribution in [3.8, 4) is 0 Å². The highest BCUT2D eigenvalue weighted by Gasteiger charge is 2.24. The molecule has 1 rings (SSSR count). The molecule has 0 aromatic heterocycles. The first-order chi connectivity index (χ1) is 9.06. The van der Waals surface area contributed by atoms with E-state index >= 15 is 0 Å². The first-order valence-electron chi connectivity index (χ1n) is 6.35. The van der Waals surface area contributed by atoms with Crippen molar-refractivity contribution in [3.05, 3.63) is 35.9 Å². The third-order valence-electron chi connectivity index (χ3n) is 2.81. The minimum Gasteiger partial charge on any atom is -0.479 e. The average Bonchev–Trinajstić information content (AvgIpc) is 2.42. The molecule has 1 aromatic rings. The maximum Gasteiger partial charge on any atom is 0.330 e. The van der Waals surface area contributed by atoms with Crippen LogP contribution in [0.15, 0.2) is 30.3 Å². The summed E-state index contributed by atoms with van der Waals surface area (Å²) in [6.45, 7) is 5.03. The second kappa shape index (κ2) is 7.53. The van der Waals surface area contributed by atoms with Gasteiger partial charge in [0, 0.05) is 12.5 Å². The number of rotatable bonds is 7. The third kappa shape index (κ3) is 4.71. The van der Waals surface area contributed by atoms with Crippen LogP contribution in [-0.4, -0.2) is 30.1 Å². The van der Waals surface area contributed by atoms with Gasteiger partial charge in [-0.05, 0) is 12.1 Å². The molecule has 2 atom stereocenters. The number of carboxylic acids is 1. The van der Waals surface area contributed by atoms with Gasteiger partial charge >= 0.3 is 5.97 Å². The minimum atomic E-state index is -1.06. The number of aliphatic carboxylic acids is 1. The SMILES string of the molecule is CCNCC(C)C(=O)N[C@H](C(=O)O)c1ccccc1. The van der Waals surface area contributed by atoms with Gasteiger partial charge in [-0.15, -0.1) is 0 Å². The van der Waals surface area contributed by atoms with Gasteiger partial charge in [0.25, 0.3) is 0 Å². The quantitative estimate of drug-likeness (QED) is 0.691. The van der Waals surface area contributed by atoms with Crippen molar-refractivity contribution in [1.29, 1.82) is 0 Å². The van der Waals surface area contributed by atoms with Gasteiger partial charge < -0.3 is 15.7 Å². The van der Waals surface area contributed by atoms with Gasteiger partial charge in [0.05, 0.1) is 0 Å². The predicted molar refractivity (Wildman–Crippen MR) is 72.7 cm³/mol. The summed E-state index contributed by atoms with van der Waals surface area (Å²) in [7, 11) is 0. The Morgan fingerprint density at radius 3 is 2.42 bits per heavy atom. The van der Waals surface area contributed by atoms with E-state index in [4.69, 9.17) is 0 Å². The second-order valence-corrected chi connectivity index (χ2v) is 4.40. The van der Waals surface area contributed by atoms with E-state index in [1.807, 2.05) is 6.92 Å². The number of hydrogen-bond acceptors (Lipinski definition) is 3. The number of carbonyl (C=O) groups is 2. The van der Waals surface area contributed by atoms with E-state index in [-0.39, 0.29) is 11.8 Å². The summed E-state index contributed by atoms with van der Waals surface area (Å²) in [5, 5.41) is 14.8. The molecule has 0 aliphatic carbocycles. The average molecular weight is 264 g/mol. The highest BCUT2D eigenvalue weighted by molar-refractivity contribution is 5.85. The zero-order valence-corrected chi connectivity index (χ0v) is 11.2. The number of hydrogen-bond donors (Lipinski definition) is 3. The molecule has 0 saturated heterocycles. The lowest BCUT2D eigenvalue weighted by molar-refractivity contribution is -0.142. The lowest BCUT2D eigenvalue weighted by Crippen LogP contribution is -2.40. The van der Waals surface area contributed by atoms with Crippen molar-refractivity contribution in [2.45, 2.75) is 19.9 Å². The van der Waals surface area contributed by atoms with Crippen molar-refractivity contribution in [2.24, 2.45) is 5.92 Å². The Hall–Kier alpha value is -1.88. The van der Waals surface area contributed by atoms with Crippen LogP contribution in [0.3, 0.4) is 0 Å². The lowest BCUT2D eigenvalue weighted by Gasteiger charge is -2.18. The van der Waals surface area contributed by atoms with Crippen molar-refractivity contribution in [2.75, 3.05) is 13.1 Å². The van der Waals surface area contributed by atoms with Gasteiger partial charge in [0.15, 0.2) is 6.04 Å². The molecule has 19 heavy (non-hydrogen) atoms. The Morgan fingerprint density at radius 1 is 1.26 bits per heavy atom. The Labute approximate surface area is 113 Å². The molecule has 0 fully saturated rings. The fourth-order valence-electron chi connectivity index (χ4n) is 1.67. The molecule has 3 N–H and O–H groups in total. The van der Waals surface area contributed by atoms with E-state index in [2.05, 4.69) is 10.6 Å². The third-order valence-corrected chi connectivity index (χ3v) is 2.81. The van der Waals surface area contributed by atoms with Crippen LogP contribution in [0.1, 0.15) is 25.5 Å². The topological polar surface area (TPSA) is 78.4 Å². The summed E-state index contributed by atoms with van der Waals surface area (Å²) in [4.78, 5) is 23.2. The van der Waals surface area contributed by atoms with Gasteiger partial charge in [-0.2, -0.15) is 0 Å². The van der Waals surface area contributed by atoms with Crippen LogP contribution in [0, 0.1) is 5.92 Å². The van der Waals surface area contributed by atoms with Gasteiger partial charge in [0.2, 0.25) is 5.91 Å². The molecule has 5 heteroatoms. The standard InChI is InChI=1S/C14H20N2O3/c1-3-15-9-10(2)13(17)16-12(14(18)19)11-7-5-4-6-8-11/h4-8,10,12,15H,3,9H2,1-2H3,(H,16,17)(H,18,19)/t10?,12-/m0/s1. The smallest absolute Gasteiger partial charge is 0.330 e. The van der Waals surface area contributed by atoms with Gasteiger partial charge in [-0.25, -0.2) is 4.79 Å².